The Morgan fingerprint density at radius 3 is 2.76 bits per heavy atom. The smallest absolute Gasteiger partial charge is 0.228 e. The molecule has 1 aliphatic rings. The lowest BCUT2D eigenvalue weighted by molar-refractivity contribution is -0.196. The number of ether oxygens (including phenoxy) is 1. The van der Waals surface area contributed by atoms with E-state index in [1.807, 2.05) is 0 Å². The fourth-order valence-electron chi connectivity index (χ4n) is 2.14. The van der Waals surface area contributed by atoms with Crippen molar-refractivity contribution in [1.29, 1.82) is 0 Å². The summed E-state index contributed by atoms with van der Waals surface area (Å²) in [5.74, 6) is -0.408. The molecule has 0 bridgehead atoms. The molecular formula is C13H23ClO3. The highest BCUT2D eigenvalue weighted by Crippen LogP contribution is 2.36. The van der Waals surface area contributed by atoms with Crippen LogP contribution in [0.4, 0.5) is 0 Å². The quantitative estimate of drug-likeness (QED) is 0.707. The lowest BCUT2D eigenvalue weighted by Gasteiger charge is -2.37. The summed E-state index contributed by atoms with van der Waals surface area (Å²) in [5, 5.41) is 9.52. The zero-order valence-corrected chi connectivity index (χ0v) is 11.3. The molecule has 0 amide bonds. The average Bonchev–Trinajstić information content (AvgIpc) is 2.34. The molecule has 1 fully saturated rings. The number of hydrogen-bond donors (Lipinski definition) is 1. The van der Waals surface area contributed by atoms with Crippen molar-refractivity contribution in [3.05, 3.63) is 12.3 Å². The largest absolute Gasteiger partial charge is 0.463 e. The Morgan fingerprint density at radius 1 is 1.47 bits per heavy atom. The fourth-order valence-corrected chi connectivity index (χ4v) is 2.33. The molecule has 0 aromatic rings. The third kappa shape index (κ3) is 4.49. The van der Waals surface area contributed by atoms with Crippen LogP contribution >= 0.6 is 11.9 Å². The molecule has 1 aliphatic heterocycles. The molecule has 0 aliphatic carbocycles. The number of rotatable bonds is 7. The van der Waals surface area contributed by atoms with Crippen molar-refractivity contribution in [3.63, 3.8) is 0 Å². The molecule has 0 saturated carbocycles. The monoisotopic (exact) mass is 262 g/mol. The molecule has 100 valence electrons. The maximum Gasteiger partial charge on any atom is 0.228 e. The van der Waals surface area contributed by atoms with E-state index < -0.39 is 11.9 Å². The van der Waals surface area contributed by atoms with Gasteiger partial charge in [-0.3, -0.25) is 0 Å². The van der Waals surface area contributed by atoms with Gasteiger partial charge in [0.15, 0.2) is 0 Å². The van der Waals surface area contributed by atoms with Crippen molar-refractivity contribution in [1.82, 2.24) is 0 Å². The van der Waals surface area contributed by atoms with E-state index in [0.29, 0.717) is 18.6 Å². The minimum atomic E-state index is -0.774. The van der Waals surface area contributed by atoms with E-state index in [2.05, 4.69) is 13.5 Å². The van der Waals surface area contributed by atoms with Crippen LogP contribution < -0.4 is 0 Å². The number of hydrogen-bond acceptors (Lipinski definition) is 3. The zero-order chi connectivity index (χ0) is 12.7. The van der Waals surface area contributed by atoms with Crippen molar-refractivity contribution in [2.45, 2.75) is 70.2 Å². The first-order valence-electron chi connectivity index (χ1n) is 6.49. The second-order valence-electron chi connectivity index (χ2n) is 4.77. The molecule has 2 unspecified atom stereocenters. The van der Waals surface area contributed by atoms with Crippen molar-refractivity contribution >= 4 is 11.9 Å². The Bertz CT molecular complexity index is 245. The zero-order valence-electron chi connectivity index (χ0n) is 10.6. The third-order valence-electron chi connectivity index (χ3n) is 3.29. The van der Waals surface area contributed by atoms with E-state index in [1.54, 1.807) is 0 Å². The Hall–Kier alpha value is -0.250. The van der Waals surface area contributed by atoms with Crippen LogP contribution in [0.25, 0.3) is 0 Å². The predicted octanol–water partition coefficient (Wildman–Crippen LogP) is 3.90. The van der Waals surface area contributed by atoms with Crippen molar-refractivity contribution < 1.29 is 14.1 Å². The molecule has 1 rings (SSSR count). The number of halogens is 1. The van der Waals surface area contributed by atoms with Crippen LogP contribution in [0, 0.1) is 0 Å². The van der Waals surface area contributed by atoms with Gasteiger partial charge in [-0.15, -0.1) is 0 Å². The summed E-state index contributed by atoms with van der Waals surface area (Å²) in [6, 6.07) is 0. The highest BCUT2D eigenvalue weighted by Gasteiger charge is 2.39. The highest BCUT2D eigenvalue weighted by atomic mass is 35.5. The van der Waals surface area contributed by atoms with Gasteiger partial charge in [-0.05, 0) is 12.8 Å². The van der Waals surface area contributed by atoms with Crippen LogP contribution in [-0.2, 0) is 9.03 Å². The molecule has 2 atom stereocenters. The van der Waals surface area contributed by atoms with E-state index in [4.69, 9.17) is 20.9 Å². The molecule has 17 heavy (non-hydrogen) atoms. The standard InChI is InChI=1S/C13H23ClO3/c1-3-4-5-6-7-9-13(17-14)10-8-12(15)11(2)16-13/h12,15H,2-10H2,1H3. The molecule has 0 spiro atoms. The van der Waals surface area contributed by atoms with Gasteiger partial charge in [-0.1, -0.05) is 39.2 Å². The van der Waals surface area contributed by atoms with Gasteiger partial charge in [0.25, 0.3) is 0 Å². The average molecular weight is 263 g/mol. The third-order valence-corrected chi connectivity index (χ3v) is 3.57. The SMILES string of the molecule is C=C1OC(CCCCCCC)(OCl)CCC1O. The van der Waals surface area contributed by atoms with Gasteiger partial charge >= 0.3 is 0 Å². The van der Waals surface area contributed by atoms with Gasteiger partial charge in [-0.25, -0.2) is 4.29 Å². The van der Waals surface area contributed by atoms with Crippen molar-refractivity contribution in [3.8, 4) is 0 Å². The van der Waals surface area contributed by atoms with Crippen LogP contribution in [-0.4, -0.2) is 17.0 Å². The summed E-state index contributed by atoms with van der Waals surface area (Å²) in [6.07, 6.45) is 7.30. The summed E-state index contributed by atoms with van der Waals surface area (Å²) in [5.41, 5.74) is 0. The molecule has 3 nitrogen and oxygen atoms in total. The van der Waals surface area contributed by atoms with Gasteiger partial charge in [-0.2, -0.15) is 0 Å². The van der Waals surface area contributed by atoms with Gasteiger partial charge in [0.05, 0.1) is 11.9 Å². The van der Waals surface area contributed by atoms with E-state index in [0.717, 1.165) is 19.3 Å². The molecule has 4 heteroatoms. The van der Waals surface area contributed by atoms with Crippen molar-refractivity contribution in [2.75, 3.05) is 0 Å². The Morgan fingerprint density at radius 2 is 2.18 bits per heavy atom. The molecule has 0 aromatic carbocycles. The lowest BCUT2D eigenvalue weighted by atomic mass is 9.96. The van der Waals surface area contributed by atoms with E-state index in [9.17, 15) is 5.11 Å². The molecule has 0 aromatic heterocycles. The number of unbranched alkanes of at least 4 members (excludes halogenated alkanes) is 4. The predicted molar refractivity (Wildman–Crippen MR) is 68.5 cm³/mol. The number of aliphatic hydroxyl groups excluding tert-OH is 1. The molecule has 1 N–H and O–H groups in total. The van der Waals surface area contributed by atoms with E-state index in [1.165, 1.54) is 19.3 Å². The minimum absolute atomic E-state index is 0.366. The van der Waals surface area contributed by atoms with Crippen LogP contribution in [0.1, 0.15) is 58.3 Å². The van der Waals surface area contributed by atoms with E-state index >= 15 is 0 Å². The maximum absolute atomic E-state index is 9.52. The second kappa shape index (κ2) is 7.24. The maximum atomic E-state index is 9.52. The van der Waals surface area contributed by atoms with Crippen LogP contribution in [0.3, 0.4) is 0 Å². The first-order valence-corrected chi connectivity index (χ1v) is 6.80. The van der Waals surface area contributed by atoms with Gasteiger partial charge in [0.2, 0.25) is 5.79 Å². The van der Waals surface area contributed by atoms with Crippen LogP contribution in [0.5, 0.6) is 0 Å². The van der Waals surface area contributed by atoms with E-state index in [-0.39, 0.29) is 0 Å². The Labute approximate surface area is 109 Å². The van der Waals surface area contributed by atoms with Gasteiger partial charge < -0.3 is 9.84 Å². The summed E-state index contributed by atoms with van der Waals surface area (Å²) in [6.45, 7) is 5.88. The molecule has 0 radical (unpaired) electrons. The number of aliphatic hydroxyl groups is 1. The summed E-state index contributed by atoms with van der Waals surface area (Å²) in [7, 11) is 0. The topological polar surface area (TPSA) is 38.7 Å². The Balaban J connectivity index is 2.33. The summed E-state index contributed by atoms with van der Waals surface area (Å²) < 4.78 is 10.5. The molecule has 1 saturated heterocycles. The normalized spacial score (nSPS) is 29.1. The fraction of sp³-hybridized carbons (Fsp3) is 0.846. The summed E-state index contributed by atoms with van der Waals surface area (Å²) >= 11 is 5.54. The Kier molecular flexibility index (Phi) is 6.31. The molecular weight excluding hydrogens is 240 g/mol. The summed E-state index contributed by atoms with van der Waals surface area (Å²) in [4.78, 5) is 0. The van der Waals surface area contributed by atoms with Crippen molar-refractivity contribution in [2.24, 2.45) is 0 Å². The van der Waals surface area contributed by atoms with Gasteiger partial charge in [0.1, 0.15) is 11.9 Å². The first kappa shape index (κ1) is 14.8. The first-order chi connectivity index (χ1) is 8.13. The minimum Gasteiger partial charge on any atom is -0.463 e. The molecule has 1 heterocycles. The van der Waals surface area contributed by atoms with Gasteiger partial charge in [0, 0.05) is 12.8 Å². The van der Waals surface area contributed by atoms with Crippen LogP contribution in [0.15, 0.2) is 12.3 Å². The van der Waals surface area contributed by atoms with Crippen LogP contribution in [0.2, 0.25) is 0 Å². The second-order valence-corrected chi connectivity index (χ2v) is 4.93. The lowest BCUT2D eigenvalue weighted by Crippen LogP contribution is -2.40. The highest BCUT2D eigenvalue weighted by molar-refractivity contribution is 6.07.